The van der Waals surface area contributed by atoms with Gasteiger partial charge in [-0.1, -0.05) is 6.92 Å². The molecule has 2 heterocycles. The quantitative estimate of drug-likeness (QED) is 0.907. The van der Waals surface area contributed by atoms with Gasteiger partial charge in [0.2, 0.25) is 0 Å². The molecule has 2 aromatic heterocycles. The summed E-state index contributed by atoms with van der Waals surface area (Å²) in [5.74, 6) is -1.48. The molecule has 0 bridgehead atoms. The van der Waals surface area contributed by atoms with Gasteiger partial charge in [-0.3, -0.25) is 4.79 Å². The van der Waals surface area contributed by atoms with Gasteiger partial charge in [0.05, 0.1) is 10.6 Å². The van der Waals surface area contributed by atoms with Gasteiger partial charge in [0.25, 0.3) is 5.91 Å². The molecule has 2 rings (SSSR count). The smallest absolute Gasteiger partial charge is 0.356 e. The zero-order valence-corrected chi connectivity index (χ0v) is 12.0. The second kappa shape index (κ2) is 5.83. The van der Waals surface area contributed by atoms with Gasteiger partial charge in [0.1, 0.15) is 0 Å². The van der Waals surface area contributed by atoms with Crippen LogP contribution in [0.4, 0.5) is 5.69 Å². The minimum absolute atomic E-state index is 0.162. The number of amides is 1. The minimum Gasteiger partial charge on any atom is -0.476 e. The molecular weight excluding hydrogens is 276 g/mol. The highest BCUT2D eigenvalue weighted by Crippen LogP contribution is 2.23. The fourth-order valence-corrected chi connectivity index (χ4v) is 2.85. The van der Waals surface area contributed by atoms with E-state index in [4.69, 9.17) is 5.11 Å². The number of carbonyl (C=O) groups is 2. The van der Waals surface area contributed by atoms with Gasteiger partial charge >= 0.3 is 5.97 Å². The lowest BCUT2D eigenvalue weighted by molar-refractivity contribution is 0.0692. The number of hydrogen-bond donors (Lipinski definition) is 2. The molecule has 0 atom stereocenters. The molecule has 0 saturated heterocycles. The lowest BCUT2D eigenvalue weighted by atomic mass is 10.2. The summed E-state index contributed by atoms with van der Waals surface area (Å²) < 4.78 is 0. The maximum absolute atomic E-state index is 12.1. The van der Waals surface area contributed by atoms with Gasteiger partial charge in [0.15, 0.2) is 5.69 Å². The van der Waals surface area contributed by atoms with Gasteiger partial charge in [-0.2, -0.15) is 0 Å². The Hall–Kier alpha value is -2.21. The summed E-state index contributed by atoms with van der Waals surface area (Å²) >= 11 is 1.40. The number of nitrogens with one attached hydrogen (secondary N) is 1. The third kappa shape index (κ3) is 2.85. The molecule has 5 nitrogen and oxygen atoms in total. The number of pyridine rings is 1. The summed E-state index contributed by atoms with van der Waals surface area (Å²) in [5.41, 5.74) is 1.17. The van der Waals surface area contributed by atoms with E-state index in [1.165, 1.54) is 23.6 Å². The number of rotatable bonds is 4. The first kappa shape index (κ1) is 14.2. The van der Waals surface area contributed by atoms with Gasteiger partial charge < -0.3 is 10.4 Å². The molecule has 2 aromatic rings. The van der Waals surface area contributed by atoms with Crippen molar-refractivity contribution in [3.63, 3.8) is 0 Å². The predicted octanol–water partition coefficient (Wildman–Crippen LogP) is 2.96. The van der Waals surface area contributed by atoms with Gasteiger partial charge in [0, 0.05) is 11.1 Å². The van der Waals surface area contributed by atoms with Crippen LogP contribution in [0.5, 0.6) is 0 Å². The van der Waals surface area contributed by atoms with Crippen LogP contribution in [0.15, 0.2) is 24.4 Å². The van der Waals surface area contributed by atoms with E-state index in [2.05, 4.69) is 10.3 Å². The van der Waals surface area contributed by atoms with Crippen LogP contribution in [0, 0.1) is 6.92 Å². The molecule has 20 heavy (non-hydrogen) atoms. The van der Waals surface area contributed by atoms with Gasteiger partial charge in [-0.05, 0) is 37.1 Å². The zero-order valence-electron chi connectivity index (χ0n) is 11.1. The summed E-state index contributed by atoms with van der Waals surface area (Å²) in [6.07, 6.45) is 2.24. The molecule has 0 saturated carbocycles. The van der Waals surface area contributed by atoms with E-state index < -0.39 is 5.97 Å². The van der Waals surface area contributed by atoms with Crippen molar-refractivity contribution in [2.45, 2.75) is 20.3 Å². The van der Waals surface area contributed by atoms with E-state index in [-0.39, 0.29) is 17.3 Å². The number of nitrogens with zero attached hydrogens (tertiary/aromatic N) is 1. The number of hydrogen-bond acceptors (Lipinski definition) is 4. The van der Waals surface area contributed by atoms with Crippen LogP contribution >= 0.6 is 11.3 Å². The average Bonchev–Trinajstić information content (AvgIpc) is 2.80. The number of carboxylic acid groups (broad SMARTS) is 1. The highest BCUT2D eigenvalue weighted by molar-refractivity contribution is 7.14. The summed E-state index contributed by atoms with van der Waals surface area (Å²) in [6.45, 7) is 3.99. The third-order valence-electron chi connectivity index (χ3n) is 2.88. The fourth-order valence-electron chi connectivity index (χ4n) is 1.84. The van der Waals surface area contributed by atoms with Crippen molar-refractivity contribution < 1.29 is 14.7 Å². The largest absolute Gasteiger partial charge is 0.476 e. The normalized spacial score (nSPS) is 10.3. The molecule has 0 aliphatic carbocycles. The van der Waals surface area contributed by atoms with Crippen molar-refractivity contribution in [2.75, 3.05) is 5.32 Å². The van der Waals surface area contributed by atoms with E-state index in [0.29, 0.717) is 4.88 Å². The maximum Gasteiger partial charge on any atom is 0.356 e. The van der Waals surface area contributed by atoms with Crippen LogP contribution < -0.4 is 5.32 Å². The first-order valence-electron chi connectivity index (χ1n) is 6.12. The molecular formula is C14H14N2O3S. The number of aryl methyl sites for hydroxylation is 2. The molecule has 1 amide bonds. The van der Waals surface area contributed by atoms with E-state index in [9.17, 15) is 9.59 Å². The summed E-state index contributed by atoms with van der Waals surface area (Å²) in [7, 11) is 0. The monoisotopic (exact) mass is 290 g/mol. The molecule has 0 aromatic carbocycles. The molecule has 104 valence electrons. The first-order valence-corrected chi connectivity index (χ1v) is 6.93. The molecule has 0 radical (unpaired) electrons. The second-order valence-corrected chi connectivity index (χ2v) is 5.46. The highest BCUT2D eigenvalue weighted by atomic mass is 32.1. The van der Waals surface area contributed by atoms with Crippen LogP contribution in [0.25, 0.3) is 0 Å². The summed E-state index contributed by atoms with van der Waals surface area (Å²) in [4.78, 5) is 28.6. The van der Waals surface area contributed by atoms with E-state index in [0.717, 1.165) is 16.9 Å². The molecule has 2 N–H and O–H groups in total. The number of anilines is 1. The van der Waals surface area contributed by atoms with Gasteiger partial charge in [-0.15, -0.1) is 11.3 Å². The Morgan fingerprint density at radius 2 is 2.20 bits per heavy atom. The lowest BCUT2D eigenvalue weighted by Crippen LogP contribution is -2.14. The van der Waals surface area contributed by atoms with Crippen LogP contribution in [-0.4, -0.2) is 22.0 Å². The topological polar surface area (TPSA) is 79.3 Å². The molecule has 0 aliphatic rings. The van der Waals surface area contributed by atoms with Crippen LogP contribution in [-0.2, 0) is 6.42 Å². The van der Waals surface area contributed by atoms with E-state index >= 15 is 0 Å². The SMILES string of the molecule is CCc1cc(C(=O)Nc2cccnc2C(=O)O)sc1C. The van der Waals surface area contributed by atoms with Crippen LogP contribution in [0.3, 0.4) is 0 Å². The van der Waals surface area contributed by atoms with Crippen molar-refractivity contribution in [1.29, 1.82) is 0 Å². The number of thiophene rings is 1. The molecule has 0 fully saturated rings. The predicted molar refractivity (Wildman–Crippen MR) is 77.6 cm³/mol. The molecule has 0 spiro atoms. The first-order chi connectivity index (χ1) is 9.52. The molecule has 0 aliphatic heterocycles. The third-order valence-corrected chi connectivity index (χ3v) is 3.98. The zero-order chi connectivity index (χ0) is 14.7. The Kier molecular flexibility index (Phi) is 4.14. The maximum atomic E-state index is 12.1. The standard InChI is InChI=1S/C14H14N2O3S/c1-3-9-7-11(20-8(9)2)13(17)16-10-5-4-6-15-12(10)14(18)19/h4-7H,3H2,1-2H3,(H,16,17)(H,18,19). The Morgan fingerprint density at radius 1 is 1.45 bits per heavy atom. The summed E-state index contributed by atoms with van der Waals surface area (Å²) in [6, 6.07) is 4.95. The van der Waals surface area contributed by atoms with Crippen LogP contribution in [0.1, 0.15) is 37.5 Å². The lowest BCUT2D eigenvalue weighted by Gasteiger charge is -2.05. The Balaban J connectivity index is 2.25. The van der Waals surface area contributed by atoms with Crippen molar-refractivity contribution in [2.24, 2.45) is 0 Å². The average molecular weight is 290 g/mol. The second-order valence-electron chi connectivity index (χ2n) is 4.20. The van der Waals surface area contributed by atoms with Crippen LogP contribution in [0.2, 0.25) is 0 Å². The minimum atomic E-state index is -1.17. The number of aromatic carboxylic acids is 1. The van der Waals surface area contributed by atoms with Crippen molar-refractivity contribution in [3.8, 4) is 0 Å². The highest BCUT2D eigenvalue weighted by Gasteiger charge is 2.16. The van der Waals surface area contributed by atoms with E-state index in [1.807, 2.05) is 19.9 Å². The number of carbonyl (C=O) groups excluding carboxylic acids is 1. The molecule has 0 unspecified atom stereocenters. The Labute approximate surface area is 120 Å². The Morgan fingerprint density at radius 3 is 2.80 bits per heavy atom. The number of aromatic nitrogens is 1. The van der Waals surface area contributed by atoms with Crippen molar-refractivity contribution in [1.82, 2.24) is 4.98 Å². The summed E-state index contributed by atoms with van der Waals surface area (Å²) in [5, 5.41) is 11.6. The molecule has 6 heteroatoms. The van der Waals surface area contributed by atoms with E-state index in [1.54, 1.807) is 6.07 Å². The van der Waals surface area contributed by atoms with Gasteiger partial charge in [-0.25, -0.2) is 9.78 Å². The van der Waals surface area contributed by atoms with Crippen molar-refractivity contribution >= 4 is 28.9 Å². The fraction of sp³-hybridized carbons (Fsp3) is 0.214. The Bertz CT molecular complexity index is 664. The number of carboxylic acids is 1. The van der Waals surface area contributed by atoms with Crippen molar-refractivity contribution in [3.05, 3.63) is 45.4 Å².